The van der Waals surface area contributed by atoms with Crippen LogP contribution in [0.4, 0.5) is 0 Å². The van der Waals surface area contributed by atoms with E-state index in [1.54, 1.807) is 12.3 Å². The van der Waals surface area contributed by atoms with E-state index in [9.17, 15) is 9.90 Å². The molecular formula is C20H16N4O3. The van der Waals surface area contributed by atoms with Gasteiger partial charge in [-0.15, -0.1) is 0 Å². The number of aliphatic hydroxyl groups excluding tert-OH is 1. The highest BCUT2D eigenvalue weighted by atomic mass is 16.5. The number of carbonyl (C=O) groups is 1. The van der Waals surface area contributed by atoms with Crippen LogP contribution in [0.15, 0.2) is 59.3 Å². The number of aromatic nitrogens is 3. The predicted molar refractivity (Wildman–Crippen MR) is 98.0 cm³/mol. The van der Waals surface area contributed by atoms with Gasteiger partial charge in [0.2, 0.25) is 0 Å². The van der Waals surface area contributed by atoms with Crippen LogP contribution in [-0.4, -0.2) is 32.5 Å². The quantitative estimate of drug-likeness (QED) is 0.521. The lowest BCUT2D eigenvalue weighted by atomic mass is 10.1. The summed E-state index contributed by atoms with van der Waals surface area (Å²) in [5, 5.41) is 24.9. The van der Waals surface area contributed by atoms with Crippen LogP contribution in [0.25, 0.3) is 22.2 Å². The van der Waals surface area contributed by atoms with Crippen molar-refractivity contribution in [3.63, 3.8) is 0 Å². The summed E-state index contributed by atoms with van der Waals surface area (Å²) in [6, 6.07) is 14.5. The number of hydrogen-bond donors (Lipinski definition) is 3. The van der Waals surface area contributed by atoms with Crippen LogP contribution in [0, 0.1) is 0 Å². The normalized spacial score (nSPS) is 18.6. The molecule has 3 N–H and O–H groups in total. The fraction of sp³-hybridized carbons (Fsp3) is 0.150. The first-order valence-electron chi connectivity index (χ1n) is 8.66. The molecule has 0 spiro atoms. The Morgan fingerprint density at radius 1 is 1.22 bits per heavy atom. The number of fused-ring (bicyclic) bond motifs is 2. The third kappa shape index (κ3) is 2.69. The van der Waals surface area contributed by atoms with Crippen molar-refractivity contribution in [1.29, 1.82) is 0 Å². The molecule has 27 heavy (non-hydrogen) atoms. The zero-order valence-corrected chi connectivity index (χ0v) is 14.2. The van der Waals surface area contributed by atoms with E-state index in [2.05, 4.69) is 20.7 Å². The molecule has 5 rings (SSSR count). The van der Waals surface area contributed by atoms with E-state index in [1.807, 2.05) is 42.5 Å². The third-order valence-corrected chi connectivity index (χ3v) is 4.96. The summed E-state index contributed by atoms with van der Waals surface area (Å²) < 4.78 is 5.35. The van der Waals surface area contributed by atoms with E-state index >= 15 is 0 Å². The standard InChI is InChI=1S/C20H16N4O3/c25-17-8-11-3-1-2-4-14(11)19(17)22-20(26)16-9-18(27-24-16)12-5-6-15-13(7-12)10-21-23-15/h1-7,9-10,17,19,25H,8H2,(H,21,23)(H,22,26)/t17-,19+/m1/s1. The molecule has 134 valence electrons. The Morgan fingerprint density at radius 2 is 2.11 bits per heavy atom. The number of aromatic amines is 1. The number of nitrogens with zero attached hydrogens (tertiary/aromatic N) is 2. The molecule has 0 bridgehead atoms. The Hall–Kier alpha value is -3.45. The minimum atomic E-state index is -0.652. The Labute approximate surface area is 154 Å². The summed E-state index contributed by atoms with van der Waals surface area (Å²) in [5.41, 5.74) is 3.89. The highest BCUT2D eigenvalue weighted by Gasteiger charge is 2.32. The van der Waals surface area contributed by atoms with Crippen molar-refractivity contribution < 1.29 is 14.4 Å². The van der Waals surface area contributed by atoms with Crippen molar-refractivity contribution in [2.45, 2.75) is 18.6 Å². The van der Waals surface area contributed by atoms with Crippen molar-refractivity contribution in [3.05, 3.63) is 71.5 Å². The largest absolute Gasteiger partial charge is 0.390 e. The van der Waals surface area contributed by atoms with Crippen molar-refractivity contribution in [1.82, 2.24) is 20.7 Å². The third-order valence-electron chi connectivity index (χ3n) is 4.96. The average molecular weight is 360 g/mol. The minimum Gasteiger partial charge on any atom is -0.390 e. The number of amides is 1. The zero-order chi connectivity index (χ0) is 18.4. The predicted octanol–water partition coefficient (Wildman–Crippen LogP) is 2.61. The van der Waals surface area contributed by atoms with Gasteiger partial charge in [-0.2, -0.15) is 5.10 Å². The molecule has 2 atom stereocenters. The Bertz CT molecular complexity index is 1150. The van der Waals surface area contributed by atoms with Crippen LogP contribution in [0.3, 0.4) is 0 Å². The molecule has 0 aliphatic heterocycles. The molecule has 2 heterocycles. The summed E-state index contributed by atoms with van der Waals surface area (Å²) in [5.74, 6) is 0.116. The van der Waals surface area contributed by atoms with Gasteiger partial charge in [0.05, 0.1) is 23.9 Å². The first kappa shape index (κ1) is 15.8. The maximum atomic E-state index is 12.6. The topological polar surface area (TPSA) is 104 Å². The molecule has 0 saturated heterocycles. The van der Waals surface area contributed by atoms with E-state index in [0.29, 0.717) is 12.2 Å². The number of rotatable bonds is 3. The van der Waals surface area contributed by atoms with Crippen molar-refractivity contribution in [2.75, 3.05) is 0 Å². The second-order valence-electron chi connectivity index (χ2n) is 6.67. The highest BCUT2D eigenvalue weighted by molar-refractivity contribution is 5.94. The Balaban J connectivity index is 1.39. The van der Waals surface area contributed by atoms with Gasteiger partial charge in [-0.05, 0) is 29.3 Å². The van der Waals surface area contributed by atoms with Gasteiger partial charge in [0, 0.05) is 23.4 Å². The second-order valence-corrected chi connectivity index (χ2v) is 6.67. The van der Waals surface area contributed by atoms with Crippen LogP contribution in [0.1, 0.15) is 27.7 Å². The van der Waals surface area contributed by atoms with Crippen molar-refractivity contribution >= 4 is 16.8 Å². The van der Waals surface area contributed by atoms with Gasteiger partial charge in [-0.3, -0.25) is 9.89 Å². The number of aliphatic hydroxyl groups is 1. The van der Waals surface area contributed by atoms with E-state index in [4.69, 9.17) is 4.52 Å². The van der Waals surface area contributed by atoms with E-state index in [-0.39, 0.29) is 11.6 Å². The molecule has 1 amide bonds. The van der Waals surface area contributed by atoms with Crippen LogP contribution in [0.5, 0.6) is 0 Å². The summed E-state index contributed by atoms with van der Waals surface area (Å²) in [6.45, 7) is 0. The van der Waals surface area contributed by atoms with Crippen LogP contribution >= 0.6 is 0 Å². The van der Waals surface area contributed by atoms with Gasteiger partial charge in [-0.1, -0.05) is 29.4 Å². The monoisotopic (exact) mass is 360 g/mol. The highest BCUT2D eigenvalue weighted by Crippen LogP contribution is 2.31. The molecule has 1 aliphatic carbocycles. The fourth-order valence-corrected chi connectivity index (χ4v) is 3.58. The van der Waals surface area contributed by atoms with Gasteiger partial charge in [-0.25, -0.2) is 0 Å². The number of nitrogens with one attached hydrogen (secondary N) is 2. The summed E-state index contributed by atoms with van der Waals surface area (Å²) >= 11 is 0. The smallest absolute Gasteiger partial charge is 0.274 e. The molecule has 4 aromatic rings. The zero-order valence-electron chi connectivity index (χ0n) is 14.2. The molecule has 2 aromatic heterocycles. The number of hydrogen-bond acceptors (Lipinski definition) is 5. The lowest BCUT2D eigenvalue weighted by Crippen LogP contribution is -2.34. The lowest BCUT2D eigenvalue weighted by molar-refractivity contribution is 0.0849. The molecule has 0 radical (unpaired) electrons. The molecule has 2 aromatic carbocycles. The van der Waals surface area contributed by atoms with Crippen molar-refractivity contribution in [2.24, 2.45) is 0 Å². The Morgan fingerprint density at radius 3 is 3.04 bits per heavy atom. The summed E-state index contributed by atoms with van der Waals surface area (Å²) in [7, 11) is 0. The molecule has 7 heteroatoms. The molecule has 0 saturated carbocycles. The number of carbonyl (C=O) groups excluding carboxylic acids is 1. The molecular weight excluding hydrogens is 344 g/mol. The second kappa shape index (κ2) is 6.07. The molecule has 0 fully saturated rings. The maximum Gasteiger partial charge on any atom is 0.274 e. The van der Waals surface area contributed by atoms with Crippen LogP contribution < -0.4 is 5.32 Å². The SMILES string of the molecule is O=C(N[C@H]1c2ccccc2C[C@H]1O)c1cc(-c2ccc3[nH]ncc3c2)on1. The van der Waals surface area contributed by atoms with Gasteiger partial charge in [0.1, 0.15) is 0 Å². The molecule has 0 unspecified atom stereocenters. The van der Waals surface area contributed by atoms with Gasteiger partial charge >= 0.3 is 0 Å². The van der Waals surface area contributed by atoms with E-state index in [0.717, 1.165) is 27.6 Å². The summed E-state index contributed by atoms with van der Waals surface area (Å²) in [4.78, 5) is 12.6. The van der Waals surface area contributed by atoms with E-state index < -0.39 is 12.1 Å². The van der Waals surface area contributed by atoms with E-state index in [1.165, 1.54) is 0 Å². The van der Waals surface area contributed by atoms with Gasteiger partial charge in [0.15, 0.2) is 11.5 Å². The maximum absolute atomic E-state index is 12.6. The minimum absolute atomic E-state index is 0.175. The first-order chi connectivity index (χ1) is 13.2. The first-order valence-corrected chi connectivity index (χ1v) is 8.66. The Kier molecular flexibility index (Phi) is 3.54. The number of benzene rings is 2. The molecule has 7 nitrogen and oxygen atoms in total. The van der Waals surface area contributed by atoms with Gasteiger partial charge < -0.3 is 14.9 Å². The fourth-order valence-electron chi connectivity index (χ4n) is 3.58. The van der Waals surface area contributed by atoms with Crippen molar-refractivity contribution in [3.8, 4) is 11.3 Å². The average Bonchev–Trinajstić information content (AvgIpc) is 3.40. The number of H-pyrrole nitrogens is 1. The van der Waals surface area contributed by atoms with Crippen LogP contribution in [0.2, 0.25) is 0 Å². The van der Waals surface area contributed by atoms with Gasteiger partial charge in [0.25, 0.3) is 5.91 Å². The van der Waals surface area contributed by atoms with Crippen LogP contribution in [-0.2, 0) is 6.42 Å². The summed E-state index contributed by atoms with van der Waals surface area (Å²) in [6.07, 6.45) is 1.60. The molecule has 1 aliphatic rings. The lowest BCUT2D eigenvalue weighted by Gasteiger charge is -2.16.